The number of benzene rings is 1. The van der Waals surface area contributed by atoms with Crippen LogP contribution in [0.5, 0.6) is 5.75 Å². The van der Waals surface area contributed by atoms with Gasteiger partial charge in [-0.25, -0.2) is 0 Å². The fraction of sp³-hybridized carbons (Fsp3) is 0.421. The van der Waals surface area contributed by atoms with Crippen LogP contribution in [0.15, 0.2) is 46.8 Å². The summed E-state index contributed by atoms with van der Waals surface area (Å²) in [6, 6.07) is 10.5. The van der Waals surface area contributed by atoms with Crippen LogP contribution in [0.2, 0.25) is 0 Å². The lowest BCUT2D eigenvalue weighted by atomic mass is 10.1. The van der Waals surface area contributed by atoms with Gasteiger partial charge >= 0.3 is 6.36 Å². The van der Waals surface area contributed by atoms with Crippen LogP contribution in [0.25, 0.3) is 0 Å². The second-order valence-corrected chi connectivity index (χ2v) is 7.36. The molecule has 2 N–H and O–H groups in total. The van der Waals surface area contributed by atoms with Gasteiger partial charge in [-0.15, -0.1) is 48.5 Å². The third-order valence-electron chi connectivity index (χ3n) is 4.52. The minimum absolute atomic E-state index is 0. The van der Waals surface area contributed by atoms with E-state index in [0.29, 0.717) is 11.5 Å². The molecule has 29 heavy (non-hydrogen) atoms. The number of guanidine groups is 1. The molecule has 3 rings (SSSR count). The SMILES string of the molecule is CN=C(NCc1ccccc1OC(F)(F)F)NC1CCN(c2cccs2)CC1.I. The van der Waals surface area contributed by atoms with Gasteiger partial charge in [0.15, 0.2) is 5.96 Å². The van der Waals surface area contributed by atoms with Crippen molar-refractivity contribution in [1.29, 1.82) is 0 Å². The van der Waals surface area contributed by atoms with Crippen LogP contribution >= 0.6 is 35.3 Å². The fourth-order valence-electron chi connectivity index (χ4n) is 3.14. The maximum absolute atomic E-state index is 12.5. The summed E-state index contributed by atoms with van der Waals surface area (Å²) >= 11 is 1.74. The molecule has 0 spiro atoms. The van der Waals surface area contributed by atoms with E-state index in [1.165, 1.54) is 17.1 Å². The van der Waals surface area contributed by atoms with E-state index < -0.39 is 6.36 Å². The molecular weight excluding hydrogens is 516 g/mol. The van der Waals surface area contributed by atoms with Crippen LogP contribution in [0.4, 0.5) is 18.2 Å². The molecule has 2 heterocycles. The first kappa shape index (κ1) is 23.6. The predicted octanol–water partition coefficient (Wildman–Crippen LogP) is 4.60. The molecule has 0 bridgehead atoms. The van der Waals surface area contributed by atoms with Crippen LogP contribution in [0, 0.1) is 0 Å². The Labute approximate surface area is 189 Å². The standard InChI is InChI=1S/C19H23F3N4OS.HI/c1-23-18(24-13-14-5-2-3-6-16(14)27-19(20,21)22)25-15-8-10-26(11-9-15)17-7-4-12-28-17;/h2-7,12,15H,8-11,13H2,1H3,(H2,23,24,25);1H. The van der Waals surface area contributed by atoms with Crippen molar-refractivity contribution in [3.05, 3.63) is 47.3 Å². The van der Waals surface area contributed by atoms with Gasteiger partial charge in [-0.3, -0.25) is 4.99 Å². The lowest BCUT2D eigenvalue weighted by molar-refractivity contribution is -0.274. The Kier molecular flexibility index (Phi) is 8.87. The molecule has 0 atom stereocenters. The first-order chi connectivity index (χ1) is 13.4. The molecule has 0 radical (unpaired) electrons. The van der Waals surface area contributed by atoms with Crippen molar-refractivity contribution >= 4 is 46.3 Å². The molecule has 5 nitrogen and oxygen atoms in total. The monoisotopic (exact) mass is 540 g/mol. The number of thiophene rings is 1. The van der Waals surface area contributed by atoms with E-state index in [1.54, 1.807) is 30.5 Å². The second kappa shape index (κ2) is 10.9. The maximum Gasteiger partial charge on any atom is 0.573 e. The smallest absolute Gasteiger partial charge is 0.405 e. The largest absolute Gasteiger partial charge is 0.573 e. The Bertz CT molecular complexity index is 778. The van der Waals surface area contributed by atoms with Crippen molar-refractivity contribution < 1.29 is 17.9 Å². The van der Waals surface area contributed by atoms with Crippen molar-refractivity contribution in [2.75, 3.05) is 25.0 Å². The van der Waals surface area contributed by atoms with Gasteiger partial charge in [0.2, 0.25) is 0 Å². The fourth-order valence-corrected chi connectivity index (χ4v) is 3.92. The zero-order valence-corrected chi connectivity index (χ0v) is 19.1. The van der Waals surface area contributed by atoms with Gasteiger partial charge in [0.05, 0.1) is 5.00 Å². The molecule has 1 aromatic carbocycles. The molecule has 1 aliphatic rings. The third kappa shape index (κ3) is 7.25. The molecule has 1 aliphatic heterocycles. The van der Waals surface area contributed by atoms with E-state index in [2.05, 4.69) is 42.8 Å². The molecule has 1 fully saturated rings. The minimum Gasteiger partial charge on any atom is -0.405 e. The average molecular weight is 540 g/mol. The number of halogens is 4. The zero-order valence-electron chi connectivity index (χ0n) is 15.9. The summed E-state index contributed by atoms with van der Waals surface area (Å²) in [5.41, 5.74) is 0.412. The maximum atomic E-state index is 12.5. The molecule has 1 aromatic heterocycles. The summed E-state index contributed by atoms with van der Waals surface area (Å²) in [7, 11) is 1.65. The Morgan fingerprint density at radius 1 is 1.21 bits per heavy atom. The van der Waals surface area contributed by atoms with Crippen molar-refractivity contribution in [1.82, 2.24) is 10.6 Å². The zero-order chi connectivity index (χ0) is 20.0. The Balaban J connectivity index is 0.00000300. The van der Waals surface area contributed by atoms with Gasteiger partial charge in [-0.05, 0) is 36.4 Å². The number of para-hydroxylation sites is 1. The lowest BCUT2D eigenvalue weighted by Crippen LogP contribution is -2.48. The number of aliphatic imine (C=N–C) groups is 1. The number of piperidine rings is 1. The Morgan fingerprint density at radius 2 is 1.93 bits per heavy atom. The van der Waals surface area contributed by atoms with Crippen LogP contribution < -0.4 is 20.3 Å². The molecule has 160 valence electrons. The third-order valence-corrected chi connectivity index (χ3v) is 5.45. The van der Waals surface area contributed by atoms with E-state index in [0.717, 1.165) is 25.9 Å². The molecule has 2 aromatic rings. The highest BCUT2D eigenvalue weighted by molar-refractivity contribution is 14.0. The number of ether oxygens (including phenoxy) is 1. The first-order valence-corrected chi connectivity index (χ1v) is 9.92. The predicted molar refractivity (Wildman–Crippen MR) is 121 cm³/mol. The van der Waals surface area contributed by atoms with Gasteiger partial charge in [-0.2, -0.15) is 0 Å². The first-order valence-electron chi connectivity index (χ1n) is 9.04. The van der Waals surface area contributed by atoms with Crippen LogP contribution in [0.3, 0.4) is 0 Å². The highest BCUT2D eigenvalue weighted by atomic mass is 127. The van der Waals surface area contributed by atoms with Crippen molar-refractivity contribution in [3.8, 4) is 5.75 Å². The summed E-state index contributed by atoms with van der Waals surface area (Å²) in [6.07, 6.45) is -2.79. The van der Waals surface area contributed by atoms with Crippen molar-refractivity contribution in [2.45, 2.75) is 31.8 Å². The molecule has 0 unspecified atom stereocenters. The topological polar surface area (TPSA) is 48.9 Å². The highest BCUT2D eigenvalue weighted by Crippen LogP contribution is 2.26. The summed E-state index contributed by atoms with van der Waals surface area (Å²) in [6.45, 7) is 2.09. The number of anilines is 1. The molecule has 10 heteroatoms. The van der Waals surface area contributed by atoms with Gasteiger partial charge in [0, 0.05) is 38.3 Å². The van der Waals surface area contributed by atoms with E-state index >= 15 is 0 Å². The quantitative estimate of drug-likeness (QED) is 0.331. The van der Waals surface area contributed by atoms with E-state index in [-0.39, 0.29) is 42.3 Å². The Morgan fingerprint density at radius 3 is 2.55 bits per heavy atom. The number of rotatable bonds is 5. The van der Waals surface area contributed by atoms with Gasteiger partial charge in [-0.1, -0.05) is 18.2 Å². The summed E-state index contributed by atoms with van der Waals surface area (Å²) in [5.74, 6) is 0.360. The normalized spacial score (nSPS) is 15.6. The number of hydrogen-bond donors (Lipinski definition) is 2. The highest BCUT2D eigenvalue weighted by Gasteiger charge is 2.32. The summed E-state index contributed by atoms with van der Waals surface area (Å²) in [5, 5.41) is 9.79. The van der Waals surface area contributed by atoms with Crippen LogP contribution in [-0.4, -0.2) is 38.5 Å². The molecule has 0 aliphatic carbocycles. The van der Waals surface area contributed by atoms with Crippen LogP contribution in [-0.2, 0) is 6.54 Å². The number of hydrogen-bond acceptors (Lipinski definition) is 4. The van der Waals surface area contributed by atoms with E-state index in [4.69, 9.17) is 0 Å². The van der Waals surface area contributed by atoms with E-state index in [9.17, 15) is 13.2 Å². The van der Waals surface area contributed by atoms with Crippen molar-refractivity contribution in [2.24, 2.45) is 4.99 Å². The van der Waals surface area contributed by atoms with Gasteiger partial charge < -0.3 is 20.3 Å². The second-order valence-electron chi connectivity index (χ2n) is 6.44. The van der Waals surface area contributed by atoms with E-state index in [1.807, 2.05) is 0 Å². The van der Waals surface area contributed by atoms with Gasteiger partial charge in [0.25, 0.3) is 0 Å². The molecule has 0 amide bonds. The summed E-state index contributed by atoms with van der Waals surface area (Å²) in [4.78, 5) is 6.56. The number of alkyl halides is 3. The lowest BCUT2D eigenvalue weighted by Gasteiger charge is -2.33. The minimum atomic E-state index is -4.72. The Hall–Kier alpha value is -1.69. The van der Waals surface area contributed by atoms with Gasteiger partial charge in [0.1, 0.15) is 5.75 Å². The molecular formula is C19H24F3IN4OS. The number of nitrogens with one attached hydrogen (secondary N) is 2. The molecule has 1 saturated heterocycles. The average Bonchev–Trinajstić information content (AvgIpc) is 3.20. The molecule has 0 saturated carbocycles. The number of nitrogens with zero attached hydrogens (tertiary/aromatic N) is 2. The van der Waals surface area contributed by atoms with Crippen LogP contribution in [0.1, 0.15) is 18.4 Å². The van der Waals surface area contributed by atoms with Crippen molar-refractivity contribution in [3.63, 3.8) is 0 Å². The summed E-state index contributed by atoms with van der Waals surface area (Å²) < 4.78 is 41.7.